The van der Waals surface area contributed by atoms with Crippen molar-refractivity contribution in [2.75, 3.05) is 17.1 Å². The molecule has 106 valence electrons. The Morgan fingerprint density at radius 3 is 2.65 bits per heavy atom. The second kappa shape index (κ2) is 5.76. The maximum absolute atomic E-state index is 13.4. The fraction of sp³-hybridized carbons (Fsp3) is 0.0833. The summed E-state index contributed by atoms with van der Waals surface area (Å²) >= 11 is 3.00. The molecule has 0 aliphatic rings. The molecule has 0 aliphatic heterocycles. The summed E-state index contributed by atoms with van der Waals surface area (Å²) in [7, 11) is -2.15. The van der Waals surface area contributed by atoms with E-state index < -0.39 is 15.8 Å². The van der Waals surface area contributed by atoms with Crippen molar-refractivity contribution >= 4 is 37.5 Å². The topological polar surface area (TPSA) is 71.1 Å². The molecule has 0 saturated heterocycles. The quantitative estimate of drug-likeness (QED) is 0.880. The summed E-state index contributed by atoms with van der Waals surface area (Å²) < 4.78 is 40.3. The highest BCUT2D eigenvalue weighted by atomic mass is 79.9. The van der Waals surface area contributed by atoms with E-state index in [4.69, 9.17) is 0 Å². The van der Waals surface area contributed by atoms with Crippen molar-refractivity contribution in [3.8, 4) is 0 Å². The summed E-state index contributed by atoms with van der Waals surface area (Å²) in [5.41, 5.74) is 0.147. The first-order valence-electron chi connectivity index (χ1n) is 5.54. The third-order valence-electron chi connectivity index (χ3n) is 2.47. The van der Waals surface area contributed by atoms with Crippen LogP contribution in [0.2, 0.25) is 0 Å². The van der Waals surface area contributed by atoms with Crippen LogP contribution in [0.5, 0.6) is 0 Å². The molecule has 2 aromatic rings. The predicted molar refractivity (Wildman–Crippen MR) is 78.7 cm³/mol. The van der Waals surface area contributed by atoms with Crippen molar-refractivity contribution in [2.45, 2.75) is 4.90 Å². The molecule has 1 aromatic heterocycles. The second-order valence-corrected chi connectivity index (χ2v) is 6.40. The Balaban J connectivity index is 2.32. The van der Waals surface area contributed by atoms with Gasteiger partial charge in [-0.05, 0) is 40.2 Å². The van der Waals surface area contributed by atoms with Crippen LogP contribution >= 0.6 is 15.9 Å². The Hall–Kier alpha value is -1.67. The number of pyridine rings is 1. The molecule has 0 spiro atoms. The maximum atomic E-state index is 13.4. The number of aromatic nitrogens is 1. The zero-order valence-electron chi connectivity index (χ0n) is 10.4. The molecule has 0 amide bonds. The Labute approximate surface area is 124 Å². The molecule has 2 N–H and O–H groups in total. The molecule has 1 aromatic carbocycles. The lowest BCUT2D eigenvalue weighted by molar-refractivity contribution is 0.601. The lowest BCUT2D eigenvalue weighted by Gasteiger charge is -2.09. The molecular formula is C12H11BrFN3O2S. The number of benzene rings is 1. The van der Waals surface area contributed by atoms with E-state index in [-0.39, 0.29) is 15.1 Å². The highest BCUT2D eigenvalue weighted by molar-refractivity contribution is 9.10. The minimum atomic E-state index is -3.79. The van der Waals surface area contributed by atoms with Crippen LogP contribution in [-0.2, 0) is 10.0 Å². The van der Waals surface area contributed by atoms with Gasteiger partial charge in [-0.25, -0.2) is 17.8 Å². The van der Waals surface area contributed by atoms with Gasteiger partial charge in [0.05, 0.1) is 15.1 Å². The SMILES string of the molecule is CNc1cc(S(=O)(=O)Nc2ccc(Br)c(F)c2)ccn1. The van der Waals surface area contributed by atoms with Gasteiger partial charge in [0.15, 0.2) is 0 Å². The van der Waals surface area contributed by atoms with Crippen LogP contribution in [0.3, 0.4) is 0 Å². The third-order valence-corrected chi connectivity index (χ3v) is 4.49. The highest BCUT2D eigenvalue weighted by Gasteiger charge is 2.15. The average Bonchev–Trinajstić information content (AvgIpc) is 2.43. The fourth-order valence-corrected chi connectivity index (χ4v) is 2.80. The lowest BCUT2D eigenvalue weighted by atomic mass is 10.3. The Kier molecular flexibility index (Phi) is 4.24. The molecule has 0 saturated carbocycles. The van der Waals surface area contributed by atoms with Gasteiger partial charge in [-0.15, -0.1) is 0 Å². The van der Waals surface area contributed by atoms with Crippen LogP contribution in [0.1, 0.15) is 0 Å². The molecule has 0 radical (unpaired) electrons. The second-order valence-electron chi connectivity index (χ2n) is 3.86. The minimum absolute atomic E-state index is 0.0418. The van der Waals surface area contributed by atoms with Gasteiger partial charge in [-0.1, -0.05) is 0 Å². The van der Waals surface area contributed by atoms with Crippen molar-refractivity contribution in [3.63, 3.8) is 0 Å². The Morgan fingerprint density at radius 2 is 2.00 bits per heavy atom. The maximum Gasteiger partial charge on any atom is 0.262 e. The van der Waals surface area contributed by atoms with E-state index in [0.29, 0.717) is 5.82 Å². The minimum Gasteiger partial charge on any atom is -0.373 e. The number of hydrogen-bond acceptors (Lipinski definition) is 4. The smallest absolute Gasteiger partial charge is 0.262 e. The van der Waals surface area contributed by atoms with Gasteiger partial charge in [-0.3, -0.25) is 4.72 Å². The van der Waals surface area contributed by atoms with Crippen molar-refractivity contribution in [3.05, 3.63) is 46.8 Å². The normalized spacial score (nSPS) is 11.2. The standard InChI is InChI=1S/C12H11BrFN3O2S/c1-15-12-7-9(4-5-16-12)20(18,19)17-8-2-3-10(13)11(14)6-8/h2-7,17H,1H3,(H,15,16). The highest BCUT2D eigenvalue weighted by Crippen LogP contribution is 2.22. The van der Waals surface area contributed by atoms with E-state index >= 15 is 0 Å². The van der Waals surface area contributed by atoms with Gasteiger partial charge >= 0.3 is 0 Å². The van der Waals surface area contributed by atoms with E-state index in [2.05, 4.69) is 31.0 Å². The Bertz CT molecular complexity index is 737. The molecule has 1 heterocycles. The number of sulfonamides is 1. The largest absolute Gasteiger partial charge is 0.373 e. The molecule has 0 fully saturated rings. The van der Waals surface area contributed by atoms with Gasteiger partial charge in [0.25, 0.3) is 10.0 Å². The molecule has 5 nitrogen and oxygen atoms in total. The summed E-state index contributed by atoms with van der Waals surface area (Å²) in [5.74, 6) is -0.120. The number of nitrogens with one attached hydrogen (secondary N) is 2. The number of anilines is 2. The molecule has 0 atom stereocenters. The van der Waals surface area contributed by atoms with Crippen LogP contribution < -0.4 is 10.0 Å². The summed E-state index contributed by atoms with van der Waals surface area (Å²) in [4.78, 5) is 3.98. The first-order valence-corrected chi connectivity index (χ1v) is 7.81. The van der Waals surface area contributed by atoms with Crippen molar-refractivity contribution in [2.24, 2.45) is 0 Å². The van der Waals surface area contributed by atoms with E-state index in [1.807, 2.05) is 0 Å². The van der Waals surface area contributed by atoms with Crippen molar-refractivity contribution in [1.29, 1.82) is 0 Å². The number of halogens is 2. The molecule has 8 heteroatoms. The van der Waals surface area contributed by atoms with Gasteiger partial charge in [0, 0.05) is 19.3 Å². The lowest BCUT2D eigenvalue weighted by Crippen LogP contribution is -2.13. The van der Waals surface area contributed by atoms with E-state index in [1.165, 1.54) is 30.5 Å². The fourth-order valence-electron chi connectivity index (χ4n) is 1.49. The van der Waals surface area contributed by atoms with Crippen LogP contribution in [-0.4, -0.2) is 20.4 Å². The third kappa shape index (κ3) is 3.26. The van der Waals surface area contributed by atoms with E-state index in [0.717, 1.165) is 6.07 Å². The summed E-state index contributed by atoms with van der Waals surface area (Å²) in [6.45, 7) is 0. The van der Waals surface area contributed by atoms with Crippen molar-refractivity contribution < 1.29 is 12.8 Å². The molecular weight excluding hydrogens is 349 g/mol. The zero-order valence-corrected chi connectivity index (χ0v) is 12.8. The van der Waals surface area contributed by atoms with Crippen LogP contribution in [0.25, 0.3) is 0 Å². The molecule has 2 rings (SSSR count). The van der Waals surface area contributed by atoms with E-state index in [9.17, 15) is 12.8 Å². The Morgan fingerprint density at radius 1 is 1.25 bits per heavy atom. The van der Waals surface area contributed by atoms with Gasteiger partial charge in [0.1, 0.15) is 11.6 Å². The van der Waals surface area contributed by atoms with Crippen LogP contribution in [0.15, 0.2) is 45.9 Å². The summed E-state index contributed by atoms with van der Waals surface area (Å²) in [5, 5.41) is 2.75. The number of hydrogen-bond donors (Lipinski definition) is 2. The average molecular weight is 360 g/mol. The van der Waals surface area contributed by atoms with Gasteiger partial charge < -0.3 is 5.32 Å². The van der Waals surface area contributed by atoms with Gasteiger partial charge in [0.2, 0.25) is 0 Å². The number of nitrogens with zero attached hydrogens (tertiary/aromatic N) is 1. The van der Waals surface area contributed by atoms with Gasteiger partial charge in [-0.2, -0.15) is 0 Å². The number of rotatable bonds is 4. The first kappa shape index (κ1) is 14.7. The van der Waals surface area contributed by atoms with E-state index in [1.54, 1.807) is 7.05 Å². The van der Waals surface area contributed by atoms with Crippen molar-refractivity contribution in [1.82, 2.24) is 4.98 Å². The summed E-state index contributed by atoms with van der Waals surface area (Å²) in [6.07, 6.45) is 1.38. The molecule has 0 unspecified atom stereocenters. The molecule has 0 bridgehead atoms. The molecule has 20 heavy (non-hydrogen) atoms. The van der Waals surface area contributed by atoms with Crippen LogP contribution in [0, 0.1) is 5.82 Å². The van der Waals surface area contributed by atoms with Crippen LogP contribution in [0.4, 0.5) is 15.9 Å². The summed E-state index contributed by atoms with van der Waals surface area (Å²) in [6, 6.07) is 6.74. The first-order chi connectivity index (χ1) is 9.42. The predicted octanol–water partition coefficient (Wildman–Crippen LogP) is 2.83. The molecule has 0 aliphatic carbocycles. The zero-order chi connectivity index (χ0) is 14.8. The monoisotopic (exact) mass is 359 g/mol.